The van der Waals surface area contributed by atoms with E-state index in [1.807, 2.05) is 18.7 Å². The standard InChI is InChI=1S/C24H31N3O4/c1-16(2)15-27-23(30)19-9-8-18(14-20(19)24(27)31)22(29)26-12-10-25(11-13-26)21(28)17-6-4-3-5-7-17/h8-9,14,16-17H,3-7,10-13,15H2,1-2H3. The predicted molar refractivity (Wildman–Crippen MR) is 116 cm³/mol. The molecule has 2 fully saturated rings. The Morgan fingerprint density at radius 2 is 1.52 bits per heavy atom. The molecule has 0 spiro atoms. The second-order valence-electron chi connectivity index (χ2n) is 9.33. The number of carbonyl (C=O) groups is 4. The van der Waals surface area contributed by atoms with Crippen LogP contribution in [-0.4, -0.2) is 71.1 Å². The Labute approximate surface area is 183 Å². The monoisotopic (exact) mass is 425 g/mol. The normalized spacial score (nSPS) is 19.9. The molecule has 4 rings (SSSR count). The summed E-state index contributed by atoms with van der Waals surface area (Å²) in [6.45, 7) is 6.35. The van der Waals surface area contributed by atoms with Crippen LogP contribution in [0.25, 0.3) is 0 Å². The van der Waals surface area contributed by atoms with E-state index >= 15 is 0 Å². The third-order valence-corrected chi connectivity index (χ3v) is 6.60. The number of nitrogens with zero attached hydrogens (tertiary/aromatic N) is 3. The van der Waals surface area contributed by atoms with Gasteiger partial charge in [-0.15, -0.1) is 0 Å². The predicted octanol–water partition coefficient (Wildman–Crippen LogP) is 2.80. The topological polar surface area (TPSA) is 78.0 Å². The van der Waals surface area contributed by atoms with Crippen molar-refractivity contribution in [1.82, 2.24) is 14.7 Å². The summed E-state index contributed by atoms with van der Waals surface area (Å²) in [5.41, 5.74) is 1.09. The molecule has 2 heterocycles. The van der Waals surface area contributed by atoms with Gasteiger partial charge in [-0.05, 0) is 37.0 Å². The number of carbonyl (C=O) groups excluding carboxylic acids is 4. The Hall–Kier alpha value is -2.70. The molecule has 1 saturated heterocycles. The Morgan fingerprint density at radius 3 is 2.16 bits per heavy atom. The van der Waals surface area contributed by atoms with Gasteiger partial charge in [-0.25, -0.2) is 0 Å². The molecule has 7 heteroatoms. The molecule has 7 nitrogen and oxygen atoms in total. The Morgan fingerprint density at radius 1 is 0.903 bits per heavy atom. The second kappa shape index (κ2) is 8.81. The maximum atomic E-state index is 13.0. The molecular weight excluding hydrogens is 394 g/mol. The number of imide groups is 1. The molecular formula is C24H31N3O4. The zero-order chi connectivity index (χ0) is 22.1. The molecule has 0 radical (unpaired) electrons. The second-order valence-corrected chi connectivity index (χ2v) is 9.33. The molecule has 1 aliphatic carbocycles. The zero-order valence-electron chi connectivity index (χ0n) is 18.4. The van der Waals surface area contributed by atoms with Crippen molar-refractivity contribution < 1.29 is 19.2 Å². The highest BCUT2D eigenvalue weighted by molar-refractivity contribution is 6.22. The summed E-state index contributed by atoms with van der Waals surface area (Å²) >= 11 is 0. The quantitative estimate of drug-likeness (QED) is 0.695. The Balaban J connectivity index is 1.40. The van der Waals surface area contributed by atoms with Crippen molar-refractivity contribution in [3.8, 4) is 0 Å². The van der Waals surface area contributed by atoms with E-state index in [0.717, 1.165) is 25.7 Å². The fourth-order valence-electron chi connectivity index (χ4n) is 4.87. The summed E-state index contributed by atoms with van der Waals surface area (Å²) < 4.78 is 0. The molecule has 31 heavy (non-hydrogen) atoms. The maximum Gasteiger partial charge on any atom is 0.261 e. The van der Waals surface area contributed by atoms with Crippen molar-refractivity contribution in [3.63, 3.8) is 0 Å². The van der Waals surface area contributed by atoms with Crippen LogP contribution in [0.2, 0.25) is 0 Å². The lowest BCUT2D eigenvalue weighted by molar-refractivity contribution is -0.138. The highest BCUT2D eigenvalue weighted by Gasteiger charge is 2.37. The van der Waals surface area contributed by atoms with E-state index in [-0.39, 0.29) is 35.5 Å². The molecule has 0 unspecified atom stereocenters. The molecule has 1 saturated carbocycles. The van der Waals surface area contributed by atoms with Gasteiger partial charge in [-0.1, -0.05) is 33.1 Å². The molecule has 4 amide bonds. The molecule has 0 N–H and O–H groups in total. The highest BCUT2D eigenvalue weighted by Crippen LogP contribution is 2.27. The average molecular weight is 426 g/mol. The molecule has 1 aromatic carbocycles. The summed E-state index contributed by atoms with van der Waals surface area (Å²) in [7, 11) is 0. The lowest BCUT2D eigenvalue weighted by Crippen LogP contribution is -2.52. The van der Waals surface area contributed by atoms with Crippen molar-refractivity contribution in [1.29, 1.82) is 0 Å². The third kappa shape index (κ3) is 4.23. The number of fused-ring (bicyclic) bond motifs is 1. The van der Waals surface area contributed by atoms with E-state index in [0.29, 0.717) is 49.4 Å². The van der Waals surface area contributed by atoms with Crippen LogP contribution in [0.5, 0.6) is 0 Å². The lowest BCUT2D eigenvalue weighted by Gasteiger charge is -2.37. The van der Waals surface area contributed by atoms with Gasteiger partial charge >= 0.3 is 0 Å². The first-order valence-corrected chi connectivity index (χ1v) is 11.4. The van der Waals surface area contributed by atoms with E-state index in [4.69, 9.17) is 0 Å². The van der Waals surface area contributed by atoms with Crippen molar-refractivity contribution in [3.05, 3.63) is 34.9 Å². The summed E-state index contributed by atoms with van der Waals surface area (Å²) in [5.74, 6) is -0.219. The minimum absolute atomic E-state index is 0.144. The van der Waals surface area contributed by atoms with Gasteiger partial charge in [-0.2, -0.15) is 0 Å². The van der Waals surface area contributed by atoms with Crippen LogP contribution >= 0.6 is 0 Å². The van der Waals surface area contributed by atoms with Crippen LogP contribution in [0.1, 0.15) is 77.0 Å². The van der Waals surface area contributed by atoms with E-state index in [1.165, 1.54) is 11.3 Å². The zero-order valence-corrected chi connectivity index (χ0v) is 18.4. The van der Waals surface area contributed by atoms with Crippen LogP contribution in [0.3, 0.4) is 0 Å². The summed E-state index contributed by atoms with van der Waals surface area (Å²) in [6.07, 6.45) is 5.43. The first-order chi connectivity index (χ1) is 14.9. The van der Waals surface area contributed by atoms with Gasteiger partial charge in [0.15, 0.2) is 0 Å². The van der Waals surface area contributed by atoms with E-state index in [2.05, 4.69) is 0 Å². The van der Waals surface area contributed by atoms with E-state index in [9.17, 15) is 19.2 Å². The number of benzene rings is 1. The summed E-state index contributed by atoms with van der Waals surface area (Å²) in [4.78, 5) is 55.9. The summed E-state index contributed by atoms with van der Waals surface area (Å²) in [5, 5.41) is 0. The Kier molecular flexibility index (Phi) is 6.12. The largest absolute Gasteiger partial charge is 0.339 e. The van der Waals surface area contributed by atoms with Gasteiger partial charge in [0.2, 0.25) is 5.91 Å². The molecule has 166 valence electrons. The number of amides is 4. The van der Waals surface area contributed by atoms with Gasteiger partial charge in [0.05, 0.1) is 11.1 Å². The molecule has 1 aromatic rings. The lowest BCUT2D eigenvalue weighted by atomic mass is 9.88. The van der Waals surface area contributed by atoms with Crippen LogP contribution < -0.4 is 0 Å². The van der Waals surface area contributed by atoms with Gasteiger partial charge in [0.1, 0.15) is 0 Å². The van der Waals surface area contributed by atoms with Crippen molar-refractivity contribution in [2.45, 2.75) is 46.0 Å². The fraction of sp³-hybridized carbons (Fsp3) is 0.583. The van der Waals surface area contributed by atoms with Crippen molar-refractivity contribution >= 4 is 23.6 Å². The summed E-state index contributed by atoms with van der Waals surface area (Å²) in [6, 6.07) is 4.77. The van der Waals surface area contributed by atoms with Gasteiger partial charge in [0, 0.05) is 44.2 Å². The number of piperazine rings is 1. The van der Waals surface area contributed by atoms with Crippen LogP contribution in [0.4, 0.5) is 0 Å². The van der Waals surface area contributed by atoms with Crippen LogP contribution in [-0.2, 0) is 4.79 Å². The molecule has 3 aliphatic rings. The minimum Gasteiger partial charge on any atom is -0.339 e. The van der Waals surface area contributed by atoms with E-state index < -0.39 is 0 Å². The smallest absolute Gasteiger partial charge is 0.261 e. The van der Waals surface area contributed by atoms with Crippen LogP contribution in [0, 0.1) is 11.8 Å². The molecule has 0 atom stereocenters. The highest BCUT2D eigenvalue weighted by atomic mass is 16.2. The van der Waals surface area contributed by atoms with Gasteiger partial charge in [0.25, 0.3) is 17.7 Å². The van der Waals surface area contributed by atoms with Crippen molar-refractivity contribution in [2.24, 2.45) is 11.8 Å². The van der Waals surface area contributed by atoms with E-state index in [1.54, 1.807) is 23.1 Å². The molecule has 0 bridgehead atoms. The number of rotatable bonds is 4. The number of hydrogen-bond acceptors (Lipinski definition) is 4. The first kappa shape index (κ1) is 21.5. The molecule has 2 aliphatic heterocycles. The van der Waals surface area contributed by atoms with Gasteiger partial charge in [-0.3, -0.25) is 24.1 Å². The molecule has 0 aromatic heterocycles. The third-order valence-electron chi connectivity index (χ3n) is 6.60. The number of hydrogen-bond donors (Lipinski definition) is 0. The van der Waals surface area contributed by atoms with Crippen molar-refractivity contribution in [2.75, 3.05) is 32.7 Å². The van der Waals surface area contributed by atoms with Crippen LogP contribution in [0.15, 0.2) is 18.2 Å². The SMILES string of the molecule is CC(C)CN1C(=O)c2ccc(C(=O)N3CCN(C(=O)C4CCCCC4)CC3)cc2C1=O. The maximum absolute atomic E-state index is 13.0. The minimum atomic E-state index is -0.328. The fourth-order valence-corrected chi connectivity index (χ4v) is 4.87. The first-order valence-electron chi connectivity index (χ1n) is 11.4. The van der Waals surface area contributed by atoms with Gasteiger partial charge < -0.3 is 9.80 Å². The Bertz CT molecular complexity index is 896. The average Bonchev–Trinajstić information content (AvgIpc) is 3.02.